The highest BCUT2D eigenvalue weighted by atomic mass is 16.5. The highest BCUT2D eigenvalue weighted by Crippen LogP contribution is 2.29. The molecule has 0 bridgehead atoms. The number of ether oxygens (including phenoxy) is 2. The highest BCUT2D eigenvalue weighted by molar-refractivity contribution is 5.95. The van der Waals surface area contributed by atoms with Crippen molar-refractivity contribution in [1.29, 1.82) is 0 Å². The number of rotatable bonds is 7. The Morgan fingerprint density at radius 1 is 1.24 bits per heavy atom. The number of carbonyl (C=O) groups is 2. The molecule has 0 spiro atoms. The fourth-order valence-electron chi connectivity index (χ4n) is 3.54. The summed E-state index contributed by atoms with van der Waals surface area (Å²) in [5.74, 6) is 0.801. The molecule has 1 saturated carbocycles. The van der Waals surface area contributed by atoms with Gasteiger partial charge in [0.1, 0.15) is 5.75 Å². The van der Waals surface area contributed by atoms with E-state index >= 15 is 0 Å². The van der Waals surface area contributed by atoms with Crippen LogP contribution in [0, 0.1) is 5.92 Å². The second kappa shape index (κ2) is 9.44. The van der Waals surface area contributed by atoms with Crippen LogP contribution >= 0.6 is 0 Å². The second-order valence-corrected chi connectivity index (χ2v) is 6.61. The molecule has 1 aliphatic carbocycles. The topological polar surface area (TPSA) is 55.8 Å². The van der Waals surface area contributed by atoms with Crippen LogP contribution in [0.5, 0.6) is 5.75 Å². The number of nitrogens with zero attached hydrogens (tertiary/aromatic N) is 1. The molecule has 0 heterocycles. The molecule has 2 atom stereocenters. The fourth-order valence-corrected chi connectivity index (χ4v) is 3.54. The summed E-state index contributed by atoms with van der Waals surface area (Å²) in [5.41, 5.74) is 0.598. The number of esters is 1. The van der Waals surface area contributed by atoms with Crippen molar-refractivity contribution in [3.05, 3.63) is 29.8 Å². The van der Waals surface area contributed by atoms with E-state index in [1.54, 1.807) is 26.2 Å². The van der Waals surface area contributed by atoms with Gasteiger partial charge >= 0.3 is 5.97 Å². The summed E-state index contributed by atoms with van der Waals surface area (Å²) in [6, 6.07) is 7.37. The Kier molecular flexibility index (Phi) is 7.29. The van der Waals surface area contributed by atoms with Crippen molar-refractivity contribution < 1.29 is 19.1 Å². The molecular formula is C20H29NO4. The Balaban J connectivity index is 2.19. The van der Waals surface area contributed by atoms with Crippen molar-refractivity contribution in [1.82, 2.24) is 4.90 Å². The molecule has 0 saturated heterocycles. The molecule has 1 aromatic rings. The first-order valence-electron chi connectivity index (χ1n) is 9.17. The van der Waals surface area contributed by atoms with Crippen LogP contribution in [0.25, 0.3) is 0 Å². The molecule has 0 aliphatic heterocycles. The Hall–Kier alpha value is -2.04. The standard InChI is InChI=1S/C20H29NO4/c1-4-25-19(22)12-13-21(18-11-6-5-8-15(18)2)20(23)16-9-7-10-17(14-16)24-3/h7,9-10,14-15,18H,4-6,8,11-13H2,1-3H3. The van der Waals surface area contributed by atoms with Gasteiger partial charge in [-0.25, -0.2) is 0 Å². The molecule has 0 radical (unpaired) electrons. The van der Waals surface area contributed by atoms with Crippen LogP contribution in [0.15, 0.2) is 24.3 Å². The van der Waals surface area contributed by atoms with Crippen LogP contribution in [0.4, 0.5) is 0 Å². The van der Waals surface area contributed by atoms with Gasteiger partial charge in [-0.15, -0.1) is 0 Å². The van der Waals surface area contributed by atoms with Crippen molar-refractivity contribution in [2.45, 2.75) is 52.0 Å². The van der Waals surface area contributed by atoms with E-state index in [1.165, 1.54) is 6.42 Å². The first-order valence-corrected chi connectivity index (χ1v) is 9.17. The van der Waals surface area contributed by atoms with E-state index in [0.717, 1.165) is 19.3 Å². The summed E-state index contributed by atoms with van der Waals surface area (Å²) in [6.45, 7) is 4.74. The van der Waals surface area contributed by atoms with Crippen LogP contribution in [0.2, 0.25) is 0 Å². The van der Waals surface area contributed by atoms with E-state index in [-0.39, 0.29) is 24.3 Å². The maximum absolute atomic E-state index is 13.1. The van der Waals surface area contributed by atoms with Gasteiger partial charge in [0.15, 0.2) is 0 Å². The molecule has 0 N–H and O–H groups in total. The zero-order chi connectivity index (χ0) is 18.2. The lowest BCUT2D eigenvalue weighted by Crippen LogP contribution is -2.46. The third-order valence-electron chi connectivity index (χ3n) is 4.91. The molecule has 1 fully saturated rings. The zero-order valence-corrected chi connectivity index (χ0v) is 15.5. The Bertz CT molecular complexity index is 587. The van der Waals surface area contributed by atoms with Crippen LogP contribution < -0.4 is 4.74 Å². The minimum absolute atomic E-state index is 0.0399. The number of benzene rings is 1. The first kappa shape index (κ1) is 19.3. The predicted molar refractivity (Wildman–Crippen MR) is 96.7 cm³/mol. The number of hydrogen-bond acceptors (Lipinski definition) is 4. The molecule has 25 heavy (non-hydrogen) atoms. The molecule has 5 nitrogen and oxygen atoms in total. The van der Waals surface area contributed by atoms with Crippen molar-refractivity contribution in [2.24, 2.45) is 5.92 Å². The predicted octanol–water partition coefficient (Wildman–Crippen LogP) is 3.67. The lowest BCUT2D eigenvalue weighted by molar-refractivity contribution is -0.143. The number of methoxy groups -OCH3 is 1. The number of hydrogen-bond donors (Lipinski definition) is 0. The molecule has 2 unspecified atom stereocenters. The largest absolute Gasteiger partial charge is 0.497 e. The Morgan fingerprint density at radius 3 is 2.68 bits per heavy atom. The first-order chi connectivity index (χ1) is 12.1. The quantitative estimate of drug-likeness (QED) is 0.706. The molecule has 1 aliphatic rings. The molecule has 2 rings (SSSR count). The van der Waals surface area contributed by atoms with Crippen molar-refractivity contribution in [3.63, 3.8) is 0 Å². The van der Waals surface area contributed by atoms with E-state index in [9.17, 15) is 9.59 Å². The minimum Gasteiger partial charge on any atom is -0.497 e. The summed E-state index contributed by atoms with van der Waals surface area (Å²) in [7, 11) is 1.59. The van der Waals surface area contributed by atoms with Gasteiger partial charge in [-0.2, -0.15) is 0 Å². The maximum atomic E-state index is 13.1. The number of carbonyl (C=O) groups excluding carboxylic acids is 2. The van der Waals surface area contributed by atoms with Crippen LogP contribution in [-0.2, 0) is 9.53 Å². The molecular weight excluding hydrogens is 318 g/mol. The van der Waals surface area contributed by atoms with Gasteiger partial charge in [0.25, 0.3) is 5.91 Å². The van der Waals surface area contributed by atoms with Gasteiger partial charge in [0.05, 0.1) is 20.1 Å². The van der Waals surface area contributed by atoms with E-state index in [0.29, 0.717) is 30.4 Å². The monoisotopic (exact) mass is 347 g/mol. The third kappa shape index (κ3) is 5.21. The van der Waals surface area contributed by atoms with Gasteiger partial charge in [0.2, 0.25) is 0 Å². The van der Waals surface area contributed by atoms with E-state index < -0.39 is 0 Å². The zero-order valence-electron chi connectivity index (χ0n) is 15.5. The molecule has 0 aromatic heterocycles. The average Bonchev–Trinajstić information content (AvgIpc) is 2.63. The minimum atomic E-state index is -0.255. The fraction of sp³-hybridized carbons (Fsp3) is 0.600. The van der Waals surface area contributed by atoms with Crippen LogP contribution in [-0.4, -0.2) is 43.1 Å². The van der Waals surface area contributed by atoms with Crippen LogP contribution in [0.1, 0.15) is 56.3 Å². The van der Waals surface area contributed by atoms with E-state index in [4.69, 9.17) is 9.47 Å². The summed E-state index contributed by atoms with van der Waals surface area (Å²) in [4.78, 5) is 26.8. The van der Waals surface area contributed by atoms with Gasteiger partial charge in [-0.1, -0.05) is 25.8 Å². The summed E-state index contributed by atoms with van der Waals surface area (Å²) in [5, 5.41) is 0. The molecule has 1 aromatic carbocycles. The van der Waals surface area contributed by atoms with Gasteiger partial charge in [-0.3, -0.25) is 9.59 Å². The lowest BCUT2D eigenvalue weighted by atomic mass is 9.84. The highest BCUT2D eigenvalue weighted by Gasteiger charge is 2.31. The van der Waals surface area contributed by atoms with Gasteiger partial charge in [0, 0.05) is 18.2 Å². The SMILES string of the molecule is CCOC(=O)CCN(C(=O)c1cccc(OC)c1)C1CCCCC1C. The summed E-state index contributed by atoms with van der Waals surface area (Å²) >= 11 is 0. The van der Waals surface area contributed by atoms with Gasteiger partial charge in [-0.05, 0) is 43.9 Å². The average molecular weight is 347 g/mol. The Labute approximate surface area is 150 Å². The molecule has 138 valence electrons. The Morgan fingerprint density at radius 2 is 2.00 bits per heavy atom. The van der Waals surface area contributed by atoms with E-state index in [1.807, 2.05) is 17.0 Å². The third-order valence-corrected chi connectivity index (χ3v) is 4.91. The maximum Gasteiger partial charge on any atom is 0.307 e. The summed E-state index contributed by atoms with van der Waals surface area (Å²) < 4.78 is 10.3. The van der Waals surface area contributed by atoms with E-state index in [2.05, 4.69) is 6.92 Å². The van der Waals surface area contributed by atoms with Crippen molar-refractivity contribution in [2.75, 3.05) is 20.3 Å². The second-order valence-electron chi connectivity index (χ2n) is 6.61. The van der Waals surface area contributed by atoms with Gasteiger partial charge < -0.3 is 14.4 Å². The van der Waals surface area contributed by atoms with Crippen molar-refractivity contribution in [3.8, 4) is 5.75 Å². The number of amides is 1. The summed E-state index contributed by atoms with van der Waals surface area (Å²) in [6.07, 6.45) is 4.66. The lowest BCUT2D eigenvalue weighted by Gasteiger charge is -2.38. The van der Waals surface area contributed by atoms with Crippen LogP contribution in [0.3, 0.4) is 0 Å². The smallest absolute Gasteiger partial charge is 0.307 e. The normalized spacial score (nSPS) is 20.0. The molecule has 1 amide bonds. The van der Waals surface area contributed by atoms with Crippen molar-refractivity contribution >= 4 is 11.9 Å². The molecule has 5 heteroatoms.